The summed E-state index contributed by atoms with van der Waals surface area (Å²) in [7, 11) is 0. The van der Waals surface area contributed by atoms with Crippen LogP contribution < -0.4 is 10.6 Å². The summed E-state index contributed by atoms with van der Waals surface area (Å²) in [6.45, 7) is 1.20. The lowest BCUT2D eigenvalue weighted by Gasteiger charge is -2.10. The molecule has 1 aliphatic rings. The number of hydrogen-bond acceptors (Lipinski definition) is 4. The molecule has 6 nitrogen and oxygen atoms in total. The molecule has 1 aromatic heterocycles. The van der Waals surface area contributed by atoms with E-state index in [-0.39, 0.29) is 12.5 Å². The minimum atomic E-state index is -5.08. The molecule has 0 aliphatic carbocycles. The summed E-state index contributed by atoms with van der Waals surface area (Å²) in [5.41, 5.74) is -0.375. The summed E-state index contributed by atoms with van der Waals surface area (Å²) in [6, 6.07) is 2.65. The summed E-state index contributed by atoms with van der Waals surface area (Å²) in [5, 5.41) is 13.1. The maximum absolute atomic E-state index is 12.3. The Labute approximate surface area is 156 Å². The van der Waals surface area contributed by atoms with Gasteiger partial charge in [-0.25, -0.2) is 4.79 Å². The van der Waals surface area contributed by atoms with Gasteiger partial charge in [0.2, 0.25) is 5.91 Å². The Morgan fingerprint density at radius 3 is 2.29 bits per heavy atom. The van der Waals surface area contributed by atoms with Crippen molar-refractivity contribution in [3.63, 3.8) is 0 Å². The van der Waals surface area contributed by atoms with Crippen molar-refractivity contribution in [2.45, 2.75) is 50.6 Å². The van der Waals surface area contributed by atoms with Crippen molar-refractivity contribution in [2.75, 3.05) is 6.54 Å². The van der Waals surface area contributed by atoms with Gasteiger partial charge in [0.25, 0.3) is 0 Å². The SMILES string of the molecule is O=C(CCC1CCCN1)NCc1ccc(C(F)(F)F)nc1.O=C(O)C(F)(F)F. The molecular formula is C16H19F6N3O3. The second kappa shape index (κ2) is 10.2. The Morgan fingerprint density at radius 1 is 1.21 bits per heavy atom. The Morgan fingerprint density at radius 2 is 1.86 bits per heavy atom. The molecule has 2 rings (SSSR count). The van der Waals surface area contributed by atoms with Crippen LogP contribution in [-0.4, -0.2) is 40.7 Å². The molecule has 1 unspecified atom stereocenters. The second-order valence-corrected chi connectivity index (χ2v) is 5.96. The van der Waals surface area contributed by atoms with Crippen LogP contribution in [0.1, 0.15) is 36.9 Å². The number of hydrogen-bond donors (Lipinski definition) is 3. The standard InChI is InChI=1S/C14H18F3N3O.C2HF3O2/c15-14(16,17)12-5-3-10(8-19-12)9-20-13(21)6-4-11-2-1-7-18-11;3-2(4,5)1(6)7/h3,5,8,11,18H,1-2,4,6-7,9H2,(H,20,21);(H,6,7). The van der Waals surface area contributed by atoms with Gasteiger partial charge in [-0.2, -0.15) is 26.3 Å². The van der Waals surface area contributed by atoms with E-state index in [2.05, 4.69) is 15.6 Å². The van der Waals surface area contributed by atoms with E-state index in [9.17, 15) is 31.1 Å². The lowest BCUT2D eigenvalue weighted by Crippen LogP contribution is -2.27. The Bertz CT molecular complexity index is 641. The fourth-order valence-electron chi connectivity index (χ4n) is 2.29. The van der Waals surface area contributed by atoms with Gasteiger partial charge in [-0.3, -0.25) is 9.78 Å². The Kier molecular flexibility index (Phi) is 8.66. The number of rotatable bonds is 5. The molecule has 1 fully saturated rings. The molecule has 0 bridgehead atoms. The highest BCUT2D eigenvalue weighted by molar-refractivity contribution is 5.75. The lowest BCUT2D eigenvalue weighted by atomic mass is 10.1. The molecule has 0 aromatic carbocycles. The summed E-state index contributed by atoms with van der Waals surface area (Å²) < 4.78 is 68.8. The van der Waals surface area contributed by atoms with Crippen LogP contribution in [0, 0.1) is 0 Å². The molecule has 1 saturated heterocycles. The minimum absolute atomic E-state index is 0.0939. The molecule has 2 heterocycles. The average molecular weight is 415 g/mol. The molecule has 0 spiro atoms. The molecule has 1 amide bonds. The molecule has 3 N–H and O–H groups in total. The van der Waals surface area contributed by atoms with Crippen molar-refractivity contribution in [1.82, 2.24) is 15.6 Å². The zero-order valence-corrected chi connectivity index (χ0v) is 14.5. The van der Waals surface area contributed by atoms with Crippen LogP contribution in [0.5, 0.6) is 0 Å². The molecule has 1 aliphatic heterocycles. The molecule has 0 radical (unpaired) electrons. The number of aromatic nitrogens is 1. The summed E-state index contributed by atoms with van der Waals surface area (Å²) in [5.74, 6) is -2.85. The fourth-order valence-corrected chi connectivity index (χ4v) is 2.29. The second-order valence-electron chi connectivity index (χ2n) is 5.96. The maximum Gasteiger partial charge on any atom is 0.490 e. The van der Waals surface area contributed by atoms with E-state index in [1.54, 1.807) is 0 Å². The summed E-state index contributed by atoms with van der Waals surface area (Å²) >= 11 is 0. The number of carbonyl (C=O) groups is 2. The van der Waals surface area contributed by atoms with Crippen molar-refractivity contribution in [3.8, 4) is 0 Å². The van der Waals surface area contributed by atoms with Gasteiger partial charge >= 0.3 is 18.3 Å². The topological polar surface area (TPSA) is 91.3 Å². The van der Waals surface area contributed by atoms with E-state index >= 15 is 0 Å². The van der Waals surface area contributed by atoms with E-state index in [4.69, 9.17) is 9.90 Å². The van der Waals surface area contributed by atoms with Crippen LogP contribution in [0.2, 0.25) is 0 Å². The van der Waals surface area contributed by atoms with Crippen molar-refractivity contribution in [3.05, 3.63) is 29.6 Å². The van der Waals surface area contributed by atoms with Crippen molar-refractivity contribution in [1.29, 1.82) is 0 Å². The number of amides is 1. The van der Waals surface area contributed by atoms with Crippen LogP contribution in [0.3, 0.4) is 0 Å². The van der Waals surface area contributed by atoms with Gasteiger partial charge in [-0.15, -0.1) is 0 Å². The van der Waals surface area contributed by atoms with Crippen LogP contribution in [0.4, 0.5) is 26.3 Å². The molecule has 158 valence electrons. The van der Waals surface area contributed by atoms with Crippen molar-refractivity contribution < 1.29 is 41.0 Å². The molecule has 28 heavy (non-hydrogen) atoms. The highest BCUT2D eigenvalue weighted by Gasteiger charge is 2.38. The van der Waals surface area contributed by atoms with Gasteiger partial charge in [-0.05, 0) is 37.4 Å². The van der Waals surface area contributed by atoms with E-state index in [0.717, 1.165) is 38.1 Å². The van der Waals surface area contributed by atoms with E-state index in [0.29, 0.717) is 18.0 Å². The first-order chi connectivity index (χ1) is 12.9. The largest absolute Gasteiger partial charge is 0.490 e. The van der Waals surface area contributed by atoms with Crippen molar-refractivity contribution in [2.24, 2.45) is 0 Å². The van der Waals surface area contributed by atoms with Crippen LogP contribution in [-0.2, 0) is 22.3 Å². The zero-order chi connectivity index (χ0) is 21.4. The molecule has 12 heteroatoms. The quantitative estimate of drug-likeness (QED) is 0.644. The van der Waals surface area contributed by atoms with Crippen molar-refractivity contribution >= 4 is 11.9 Å². The number of aliphatic carboxylic acids is 1. The number of halogens is 6. The van der Waals surface area contributed by atoms with Crippen LogP contribution in [0.25, 0.3) is 0 Å². The lowest BCUT2D eigenvalue weighted by molar-refractivity contribution is -0.192. The monoisotopic (exact) mass is 415 g/mol. The Balaban J connectivity index is 0.000000480. The third-order valence-electron chi connectivity index (χ3n) is 3.73. The number of pyridine rings is 1. The number of carboxylic acid groups (broad SMARTS) is 1. The van der Waals surface area contributed by atoms with Crippen LogP contribution in [0.15, 0.2) is 18.3 Å². The maximum atomic E-state index is 12.3. The predicted molar refractivity (Wildman–Crippen MR) is 85.0 cm³/mol. The highest BCUT2D eigenvalue weighted by Crippen LogP contribution is 2.27. The minimum Gasteiger partial charge on any atom is -0.475 e. The van der Waals surface area contributed by atoms with Gasteiger partial charge in [0.05, 0.1) is 0 Å². The summed E-state index contributed by atoms with van der Waals surface area (Å²) in [6.07, 6.45) is -4.93. The van der Waals surface area contributed by atoms with Gasteiger partial charge in [0.1, 0.15) is 5.69 Å². The van der Waals surface area contributed by atoms with Gasteiger partial charge in [0, 0.05) is 25.2 Å². The molecule has 1 atom stereocenters. The first-order valence-corrected chi connectivity index (χ1v) is 8.22. The zero-order valence-electron chi connectivity index (χ0n) is 14.5. The number of nitrogens with one attached hydrogen (secondary N) is 2. The Hall–Kier alpha value is -2.37. The number of alkyl halides is 6. The number of nitrogens with zero attached hydrogens (tertiary/aromatic N) is 1. The highest BCUT2D eigenvalue weighted by atomic mass is 19.4. The van der Waals surface area contributed by atoms with E-state index in [1.165, 1.54) is 6.07 Å². The first-order valence-electron chi connectivity index (χ1n) is 8.22. The molecule has 1 aromatic rings. The van der Waals surface area contributed by atoms with Gasteiger partial charge in [0.15, 0.2) is 0 Å². The number of carboxylic acids is 1. The predicted octanol–water partition coefficient (Wildman–Crippen LogP) is 2.88. The first kappa shape index (κ1) is 23.7. The van der Waals surface area contributed by atoms with Gasteiger partial charge in [-0.1, -0.05) is 6.07 Å². The number of carbonyl (C=O) groups excluding carboxylic acids is 1. The molecule has 0 saturated carbocycles. The van der Waals surface area contributed by atoms with Crippen LogP contribution >= 0.6 is 0 Å². The van der Waals surface area contributed by atoms with Gasteiger partial charge < -0.3 is 15.7 Å². The van der Waals surface area contributed by atoms with E-state index < -0.39 is 24.0 Å². The fraction of sp³-hybridized carbons (Fsp3) is 0.562. The normalized spacial score (nSPS) is 16.9. The molecular weight excluding hydrogens is 396 g/mol. The third kappa shape index (κ3) is 9.02. The summed E-state index contributed by atoms with van der Waals surface area (Å²) in [4.78, 5) is 23.9. The third-order valence-corrected chi connectivity index (χ3v) is 3.73. The smallest absolute Gasteiger partial charge is 0.475 e. The van der Waals surface area contributed by atoms with E-state index in [1.807, 2.05) is 0 Å². The average Bonchev–Trinajstić information content (AvgIpc) is 3.11.